The van der Waals surface area contributed by atoms with Crippen LogP contribution < -0.4 is 4.90 Å². The fraction of sp³-hybridized carbons (Fsp3) is 0.308. The second-order valence-corrected chi connectivity index (χ2v) is 4.30. The topological polar surface area (TPSA) is 65.6 Å². The zero-order valence-corrected chi connectivity index (χ0v) is 9.85. The Morgan fingerprint density at radius 3 is 2.72 bits per heavy atom. The number of aromatic amines is 1. The molecule has 0 bridgehead atoms. The number of aromatic nitrogens is 1. The maximum atomic E-state index is 11.5. The van der Waals surface area contributed by atoms with E-state index in [9.17, 15) is 9.90 Å². The van der Waals surface area contributed by atoms with Crippen molar-refractivity contribution in [3.8, 4) is 0 Å². The molecule has 2 aromatic rings. The quantitative estimate of drug-likeness (QED) is 0.846. The SMILES string of the molecule is O=C(O)c1c(N2CCOCC2)[nH]c2ccccc12. The average molecular weight is 246 g/mol. The summed E-state index contributed by atoms with van der Waals surface area (Å²) in [6, 6.07) is 7.48. The Bertz CT molecular complexity index is 585. The van der Waals surface area contributed by atoms with Crippen molar-refractivity contribution in [1.29, 1.82) is 0 Å². The van der Waals surface area contributed by atoms with Crippen LogP contribution in [0.25, 0.3) is 10.9 Å². The summed E-state index contributed by atoms with van der Waals surface area (Å²) >= 11 is 0. The van der Waals surface area contributed by atoms with Crippen molar-refractivity contribution in [2.24, 2.45) is 0 Å². The van der Waals surface area contributed by atoms with E-state index >= 15 is 0 Å². The fourth-order valence-electron chi connectivity index (χ4n) is 2.37. The van der Waals surface area contributed by atoms with E-state index in [-0.39, 0.29) is 0 Å². The van der Waals surface area contributed by atoms with Gasteiger partial charge in [-0.15, -0.1) is 0 Å². The molecule has 1 aliphatic heterocycles. The first-order valence-electron chi connectivity index (χ1n) is 5.94. The summed E-state index contributed by atoms with van der Waals surface area (Å²) in [5.74, 6) is -0.207. The highest BCUT2D eigenvalue weighted by Crippen LogP contribution is 2.29. The van der Waals surface area contributed by atoms with E-state index in [0.717, 1.165) is 10.9 Å². The Morgan fingerprint density at radius 2 is 2.00 bits per heavy atom. The maximum Gasteiger partial charge on any atom is 0.340 e. The minimum Gasteiger partial charge on any atom is -0.478 e. The first-order valence-corrected chi connectivity index (χ1v) is 5.94. The lowest BCUT2D eigenvalue weighted by Crippen LogP contribution is -2.37. The van der Waals surface area contributed by atoms with Crippen LogP contribution >= 0.6 is 0 Å². The van der Waals surface area contributed by atoms with Crippen molar-refractivity contribution in [3.63, 3.8) is 0 Å². The van der Waals surface area contributed by atoms with Gasteiger partial charge in [-0.2, -0.15) is 0 Å². The summed E-state index contributed by atoms with van der Waals surface area (Å²) < 4.78 is 5.29. The molecule has 2 heterocycles. The van der Waals surface area contributed by atoms with Crippen LogP contribution in [-0.2, 0) is 4.74 Å². The molecule has 0 unspecified atom stereocenters. The van der Waals surface area contributed by atoms with Crippen molar-refractivity contribution in [2.75, 3.05) is 31.2 Å². The minimum absolute atomic E-state index is 0.354. The molecule has 0 aliphatic carbocycles. The number of benzene rings is 1. The van der Waals surface area contributed by atoms with E-state index in [1.165, 1.54) is 0 Å². The Labute approximate surface area is 104 Å². The number of ether oxygens (including phenoxy) is 1. The summed E-state index contributed by atoms with van der Waals surface area (Å²) in [5.41, 5.74) is 1.21. The molecule has 1 saturated heterocycles. The second kappa shape index (κ2) is 4.34. The van der Waals surface area contributed by atoms with Gasteiger partial charge in [-0.1, -0.05) is 18.2 Å². The lowest BCUT2D eigenvalue weighted by Gasteiger charge is -2.28. The van der Waals surface area contributed by atoms with Crippen LogP contribution in [0.4, 0.5) is 5.82 Å². The third kappa shape index (κ3) is 1.73. The van der Waals surface area contributed by atoms with Crippen molar-refractivity contribution in [1.82, 2.24) is 4.98 Å². The number of H-pyrrole nitrogens is 1. The van der Waals surface area contributed by atoms with Crippen LogP contribution in [0.5, 0.6) is 0 Å². The van der Waals surface area contributed by atoms with Crippen LogP contribution in [0.15, 0.2) is 24.3 Å². The summed E-state index contributed by atoms with van der Waals surface area (Å²) in [4.78, 5) is 16.7. The highest BCUT2D eigenvalue weighted by molar-refractivity contribution is 6.08. The van der Waals surface area contributed by atoms with Crippen LogP contribution in [0.1, 0.15) is 10.4 Å². The summed E-state index contributed by atoms with van der Waals surface area (Å²) in [7, 11) is 0. The molecule has 5 heteroatoms. The number of anilines is 1. The van der Waals surface area contributed by atoms with Gasteiger partial charge in [-0.05, 0) is 6.07 Å². The van der Waals surface area contributed by atoms with Crippen LogP contribution in [0.2, 0.25) is 0 Å². The maximum absolute atomic E-state index is 11.5. The number of hydrogen-bond acceptors (Lipinski definition) is 3. The molecule has 94 valence electrons. The molecule has 1 aromatic heterocycles. The van der Waals surface area contributed by atoms with Crippen LogP contribution in [-0.4, -0.2) is 42.4 Å². The highest BCUT2D eigenvalue weighted by Gasteiger charge is 2.23. The van der Waals surface area contributed by atoms with E-state index < -0.39 is 5.97 Å². The van der Waals surface area contributed by atoms with E-state index in [1.807, 2.05) is 29.2 Å². The number of rotatable bonds is 2. The number of morpholine rings is 1. The molecule has 0 radical (unpaired) electrons. The first-order chi connectivity index (χ1) is 8.77. The molecule has 18 heavy (non-hydrogen) atoms. The molecule has 1 fully saturated rings. The molecule has 1 aromatic carbocycles. The lowest BCUT2D eigenvalue weighted by molar-refractivity contribution is 0.0698. The van der Waals surface area contributed by atoms with Crippen LogP contribution in [0.3, 0.4) is 0 Å². The van der Waals surface area contributed by atoms with E-state index in [4.69, 9.17) is 4.74 Å². The summed E-state index contributed by atoms with van der Waals surface area (Å²) in [6.07, 6.45) is 0. The van der Waals surface area contributed by atoms with Gasteiger partial charge in [-0.25, -0.2) is 4.79 Å². The number of carboxylic acids is 1. The van der Waals surface area contributed by atoms with Crippen LogP contribution in [0, 0.1) is 0 Å². The normalized spacial score (nSPS) is 16.1. The Hall–Kier alpha value is -2.01. The Kier molecular flexibility index (Phi) is 2.68. The molecular formula is C13H14N2O3. The molecular weight excluding hydrogens is 232 g/mol. The van der Waals surface area contributed by atoms with Gasteiger partial charge in [0.2, 0.25) is 0 Å². The number of para-hydroxylation sites is 1. The van der Waals surface area contributed by atoms with Crippen molar-refractivity contribution >= 4 is 22.7 Å². The van der Waals surface area contributed by atoms with Gasteiger partial charge < -0.3 is 19.7 Å². The molecule has 0 saturated carbocycles. The molecule has 0 atom stereocenters. The number of carboxylic acid groups (broad SMARTS) is 1. The van der Waals surface area contributed by atoms with Gasteiger partial charge >= 0.3 is 5.97 Å². The molecule has 2 N–H and O–H groups in total. The predicted molar refractivity (Wildman–Crippen MR) is 68.3 cm³/mol. The molecule has 0 spiro atoms. The van der Waals surface area contributed by atoms with Crippen molar-refractivity contribution < 1.29 is 14.6 Å². The number of nitrogens with zero attached hydrogens (tertiary/aromatic N) is 1. The van der Waals surface area contributed by atoms with Gasteiger partial charge in [0.1, 0.15) is 11.4 Å². The number of carbonyl (C=O) groups is 1. The Morgan fingerprint density at radius 1 is 1.28 bits per heavy atom. The van der Waals surface area contributed by atoms with Gasteiger partial charge in [0.05, 0.1) is 13.2 Å². The van der Waals surface area contributed by atoms with Crippen molar-refractivity contribution in [2.45, 2.75) is 0 Å². The smallest absolute Gasteiger partial charge is 0.340 e. The van der Waals surface area contributed by atoms with Gasteiger partial charge in [0, 0.05) is 24.0 Å². The van der Waals surface area contributed by atoms with Crippen molar-refractivity contribution in [3.05, 3.63) is 29.8 Å². The predicted octanol–water partition coefficient (Wildman–Crippen LogP) is 1.70. The number of fused-ring (bicyclic) bond motifs is 1. The van der Waals surface area contributed by atoms with E-state index in [1.54, 1.807) is 0 Å². The van der Waals surface area contributed by atoms with Gasteiger partial charge in [0.15, 0.2) is 0 Å². The first kappa shape index (κ1) is 11.1. The van der Waals surface area contributed by atoms with E-state index in [0.29, 0.717) is 37.7 Å². The zero-order valence-electron chi connectivity index (χ0n) is 9.85. The lowest BCUT2D eigenvalue weighted by atomic mass is 10.1. The summed E-state index contributed by atoms with van der Waals surface area (Å²) in [5, 5.41) is 10.2. The molecule has 5 nitrogen and oxygen atoms in total. The monoisotopic (exact) mass is 246 g/mol. The minimum atomic E-state index is -0.894. The van der Waals surface area contributed by atoms with Gasteiger partial charge in [0.25, 0.3) is 0 Å². The highest BCUT2D eigenvalue weighted by atomic mass is 16.5. The molecule has 3 rings (SSSR count). The van der Waals surface area contributed by atoms with E-state index in [2.05, 4.69) is 4.98 Å². The number of nitrogens with one attached hydrogen (secondary N) is 1. The number of aromatic carboxylic acids is 1. The molecule has 1 aliphatic rings. The molecule has 0 amide bonds. The fourth-order valence-corrected chi connectivity index (χ4v) is 2.37. The largest absolute Gasteiger partial charge is 0.478 e. The Balaban J connectivity index is 2.14. The van der Waals surface area contributed by atoms with Gasteiger partial charge in [-0.3, -0.25) is 0 Å². The zero-order chi connectivity index (χ0) is 12.5. The third-order valence-electron chi connectivity index (χ3n) is 3.23. The number of hydrogen-bond donors (Lipinski definition) is 2. The standard InChI is InChI=1S/C13H14N2O3/c16-13(17)11-9-3-1-2-4-10(9)14-12(11)15-5-7-18-8-6-15/h1-4,14H,5-8H2,(H,16,17). The average Bonchev–Trinajstić information content (AvgIpc) is 2.79. The second-order valence-electron chi connectivity index (χ2n) is 4.30. The summed E-state index contributed by atoms with van der Waals surface area (Å²) in [6.45, 7) is 2.70. The third-order valence-corrected chi connectivity index (χ3v) is 3.23.